The lowest BCUT2D eigenvalue weighted by molar-refractivity contribution is -0.140. The highest BCUT2D eigenvalue weighted by atomic mass is 79.9. The smallest absolute Gasteiger partial charge is 0.244 e. The summed E-state index contributed by atoms with van der Waals surface area (Å²) in [4.78, 5) is 29.1. The summed E-state index contributed by atoms with van der Waals surface area (Å²) < 4.78 is 41.3. The first-order valence-electron chi connectivity index (χ1n) is 12.8. The van der Waals surface area contributed by atoms with Crippen LogP contribution in [-0.4, -0.2) is 49.5 Å². The monoisotopic (exact) mass is 631 g/mol. The van der Waals surface area contributed by atoms with Gasteiger partial charge in [0.25, 0.3) is 0 Å². The molecule has 0 aromatic heterocycles. The lowest BCUT2D eigenvalue weighted by Crippen LogP contribution is -2.56. The van der Waals surface area contributed by atoms with Gasteiger partial charge >= 0.3 is 0 Å². The second-order valence-electron chi connectivity index (χ2n) is 10.8. The summed E-state index contributed by atoms with van der Waals surface area (Å²) in [6.45, 7) is 6.82. The minimum Gasteiger partial charge on any atom is -0.350 e. The van der Waals surface area contributed by atoms with Gasteiger partial charge < -0.3 is 10.2 Å². The van der Waals surface area contributed by atoms with Crippen molar-refractivity contribution in [1.82, 2.24) is 10.2 Å². The van der Waals surface area contributed by atoms with Crippen molar-refractivity contribution in [2.45, 2.75) is 52.2 Å². The maximum Gasteiger partial charge on any atom is 0.244 e. The Hall–Kier alpha value is -3.24. The highest BCUT2D eigenvalue weighted by molar-refractivity contribution is 9.10. The number of halogens is 2. The quantitative estimate of drug-likeness (QED) is 0.332. The zero-order valence-corrected chi connectivity index (χ0v) is 25.7. The molecule has 2 amide bonds. The molecule has 3 aromatic rings. The van der Waals surface area contributed by atoms with Crippen LogP contribution in [-0.2, 0) is 32.6 Å². The van der Waals surface area contributed by atoms with E-state index in [-0.39, 0.29) is 18.9 Å². The third kappa shape index (κ3) is 8.89. The van der Waals surface area contributed by atoms with Crippen molar-refractivity contribution in [3.8, 4) is 0 Å². The first-order valence-corrected chi connectivity index (χ1v) is 15.4. The Labute approximate surface area is 244 Å². The molecule has 0 aliphatic carbocycles. The Morgan fingerprint density at radius 1 is 0.975 bits per heavy atom. The number of aryl methyl sites for hydroxylation is 1. The molecular weight excluding hydrogens is 597 g/mol. The van der Waals surface area contributed by atoms with Crippen molar-refractivity contribution in [2.24, 2.45) is 0 Å². The molecule has 0 saturated carbocycles. The molecule has 1 N–H and O–H groups in total. The number of nitrogens with one attached hydrogen (secondary N) is 1. The van der Waals surface area contributed by atoms with Crippen LogP contribution in [0.15, 0.2) is 77.3 Å². The summed E-state index contributed by atoms with van der Waals surface area (Å²) in [5.41, 5.74) is 1.98. The molecule has 0 heterocycles. The van der Waals surface area contributed by atoms with Gasteiger partial charge in [-0.15, -0.1) is 0 Å². The second kappa shape index (κ2) is 13.0. The van der Waals surface area contributed by atoms with Gasteiger partial charge in [0.1, 0.15) is 18.4 Å². The first-order chi connectivity index (χ1) is 18.6. The Kier molecular flexibility index (Phi) is 10.1. The average molecular weight is 633 g/mol. The van der Waals surface area contributed by atoms with Crippen LogP contribution >= 0.6 is 15.9 Å². The van der Waals surface area contributed by atoms with Crippen LogP contribution in [0.3, 0.4) is 0 Å². The fourth-order valence-corrected chi connectivity index (χ4v) is 5.28. The normalized spacial score (nSPS) is 12.5. The molecule has 40 heavy (non-hydrogen) atoms. The van der Waals surface area contributed by atoms with E-state index in [1.165, 1.54) is 17.0 Å². The van der Waals surface area contributed by atoms with Crippen LogP contribution in [0.4, 0.5) is 10.1 Å². The Bertz CT molecular complexity index is 1440. The minimum atomic E-state index is -3.87. The fraction of sp³-hybridized carbons (Fsp3) is 0.333. The minimum absolute atomic E-state index is 0.0227. The zero-order valence-electron chi connectivity index (χ0n) is 23.3. The van der Waals surface area contributed by atoms with E-state index in [1.54, 1.807) is 30.3 Å². The van der Waals surface area contributed by atoms with Gasteiger partial charge in [-0.25, -0.2) is 12.8 Å². The SMILES string of the molecule is Cc1cc(N(CC(=O)N(Cc2ccc(F)cc2)[C@@H](Cc2ccccc2)C(=O)NC(C)(C)C)S(C)(=O)=O)ccc1Br. The topological polar surface area (TPSA) is 86.8 Å². The molecule has 0 radical (unpaired) electrons. The van der Waals surface area contributed by atoms with E-state index in [2.05, 4.69) is 21.2 Å². The lowest BCUT2D eigenvalue weighted by Gasteiger charge is -2.35. The van der Waals surface area contributed by atoms with Crippen LogP contribution in [0.5, 0.6) is 0 Å². The summed E-state index contributed by atoms with van der Waals surface area (Å²) in [7, 11) is -3.87. The highest BCUT2D eigenvalue weighted by Crippen LogP contribution is 2.25. The van der Waals surface area contributed by atoms with Gasteiger partial charge in [0.15, 0.2) is 0 Å². The summed E-state index contributed by atoms with van der Waals surface area (Å²) in [5.74, 6) is -1.38. The molecule has 0 saturated heterocycles. The van der Waals surface area contributed by atoms with E-state index in [4.69, 9.17) is 0 Å². The van der Waals surface area contributed by atoms with Gasteiger partial charge in [-0.1, -0.05) is 58.4 Å². The van der Waals surface area contributed by atoms with E-state index in [0.717, 1.165) is 26.2 Å². The van der Waals surface area contributed by atoms with Crippen molar-refractivity contribution in [3.05, 3.63) is 99.8 Å². The van der Waals surface area contributed by atoms with Gasteiger partial charge in [0.05, 0.1) is 11.9 Å². The standard InChI is InChI=1S/C30H35BrFN3O4S/c1-21-17-25(15-16-26(21)31)35(40(5,38)39)20-28(36)34(19-23-11-13-24(32)14-12-23)27(29(37)33-30(2,3)4)18-22-9-7-6-8-10-22/h6-17,27H,18-20H2,1-5H3,(H,33,37)/t27-/m0/s1. The molecular formula is C30H35BrFN3O4S. The predicted molar refractivity (Wildman–Crippen MR) is 160 cm³/mol. The third-order valence-corrected chi connectivity index (χ3v) is 8.17. The zero-order chi connectivity index (χ0) is 29.7. The van der Waals surface area contributed by atoms with Gasteiger partial charge in [-0.2, -0.15) is 0 Å². The Morgan fingerprint density at radius 2 is 1.60 bits per heavy atom. The number of carbonyl (C=O) groups excluding carboxylic acids is 2. The van der Waals surface area contributed by atoms with Crippen LogP contribution < -0.4 is 9.62 Å². The molecule has 10 heteroatoms. The molecule has 1 atom stereocenters. The van der Waals surface area contributed by atoms with Crippen molar-refractivity contribution in [3.63, 3.8) is 0 Å². The number of amides is 2. The van der Waals surface area contributed by atoms with Gasteiger partial charge in [0.2, 0.25) is 21.8 Å². The molecule has 0 spiro atoms. The van der Waals surface area contributed by atoms with Crippen LogP contribution in [0.1, 0.15) is 37.5 Å². The van der Waals surface area contributed by atoms with Gasteiger partial charge in [-0.05, 0) is 74.7 Å². The third-order valence-electron chi connectivity index (χ3n) is 6.14. The number of benzene rings is 3. The molecule has 3 rings (SSSR count). The summed E-state index contributed by atoms with van der Waals surface area (Å²) >= 11 is 3.42. The van der Waals surface area contributed by atoms with Crippen LogP contribution in [0.2, 0.25) is 0 Å². The predicted octanol–water partition coefficient (Wildman–Crippen LogP) is 5.22. The number of rotatable bonds is 10. The van der Waals surface area contributed by atoms with Crippen molar-refractivity contribution in [2.75, 3.05) is 17.1 Å². The van der Waals surface area contributed by atoms with E-state index in [9.17, 15) is 22.4 Å². The fourth-order valence-electron chi connectivity index (χ4n) is 4.19. The second-order valence-corrected chi connectivity index (χ2v) is 13.6. The number of carbonyl (C=O) groups is 2. The van der Waals surface area contributed by atoms with Gasteiger partial charge in [-0.3, -0.25) is 13.9 Å². The molecule has 0 aliphatic rings. The number of hydrogen-bond acceptors (Lipinski definition) is 4. The van der Waals surface area contributed by atoms with Gasteiger partial charge in [0, 0.05) is 23.0 Å². The number of sulfonamides is 1. The molecule has 0 aliphatic heterocycles. The molecule has 0 unspecified atom stereocenters. The summed E-state index contributed by atoms with van der Waals surface area (Å²) in [5, 5.41) is 2.97. The number of anilines is 1. The summed E-state index contributed by atoms with van der Waals surface area (Å²) in [6.07, 6.45) is 1.24. The van der Waals surface area contributed by atoms with Crippen molar-refractivity contribution >= 4 is 43.5 Å². The highest BCUT2D eigenvalue weighted by Gasteiger charge is 2.34. The van der Waals surface area contributed by atoms with E-state index >= 15 is 0 Å². The molecule has 3 aromatic carbocycles. The largest absolute Gasteiger partial charge is 0.350 e. The molecule has 0 fully saturated rings. The lowest BCUT2D eigenvalue weighted by atomic mass is 10.0. The van der Waals surface area contributed by atoms with E-state index in [0.29, 0.717) is 11.3 Å². The van der Waals surface area contributed by atoms with Crippen molar-refractivity contribution < 1.29 is 22.4 Å². The maximum atomic E-state index is 14.1. The molecule has 7 nitrogen and oxygen atoms in total. The molecule has 214 valence electrons. The maximum absolute atomic E-state index is 14.1. The van der Waals surface area contributed by atoms with Crippen molar-refractivity contribution in [1.29, 1.82) is 0 Å². The number of hydrogen-bond donors (Lipinski definition) is 1. The number of nitrogens with zero attached hydrogens (tertiary/aromatic N) is 2. The van der Waals surface area contributed by atoms with Crippen LogP contribution in [0, 0.1) is 12.7 Å². The Morgan fingerprint density at radius 3 is 2.15 bits per heavy atom. The van der Waals surface area contributed by atoms with E-state index < -0.39 is 39.9 Å². The molecule has 0 bridgehead atoms. The average Bonchev–Trinajstić information content (AvgIpc) is 2.86. The van der Waals surface area contributed by atoms with E-state index in [1.807, 2.05) is 58.0 Å². The van der Waals surface area contributed by atoms with Crippen LogP contribution in [0.25, 0.3) is 0 Å². The Balaban J connectivity index is 2.08. The summed E-state index contributed by atoms with van der Waals surface area (Å²) in [6, 6.07) is 19.0. The first kappa shape index (κ1) is 31.3.